The standard InChI is InChI=1S/C25H28FN5O3/c1-17-13-21(29-25(28-17)30-9-11-33-12-10-30)24(32)31-8-3-2-7-22(31)23-27-16-20(34-23)15-18-5-4-6-19(26)14-18/h4-6,13-14,16,22H,2-3,7-12,15H2,1H3/t22-/m0/s1. The van der Waals surface area contributed by atoms with Crippen LogP contribution in [-0.4, -0.2) is 58.6 Å². The van der Waals surface area contributed by atoms with Crippen LogP contribution in [0.1, 0.15) is 58.7 Å². The highest BCUT2D eigenvalue weighted by atomic mass is 19.1. The number of oxazole rings is 1. The molecule has 34 heavy (non-hydrogen) atoms. The number of ether oxygens (including phenoxy) is 1. The molecule has 0 N–H and O–H groups in total. The van der Waals surface area contributed by atoms with Crippen LogP contribution in [0.2, 0.25) is 0 Å². The first-order chi connectivity index (χ1) is 16.6. The summed E-state index contributed by atoms with van der Waals surface area (Å²) in [6.45, 7) is 5.14. The minimum atomic E-state index is -0.280. The number of hydrogen-bond acceptors (Lipinski definition) is 7. The Morgan fingerprint density at radius 2 is 2.00 bits per heavy atom. The van der Waals surface area contributed by atoms with Gasteiger partial charge in [0.1, 0.15) is 23.3 Å². The molecule has 1 atom stereocenters. The zero-order valence-electron chi connectivity index (χ0n) is 19.2. The molecular weight excluding hydrogens is 437 g/mol. The number of likely N-dealkylation sites (tertiary alicyclic amines) is 1. The zero-order valence-corrected chi connectivity index (χ0v) is 19.2. The second-order valence-electron chi connectivity index (χ2n) is 8.78. The predicted octanol–water partition coefficient (Wildman–Crippen LogP) is 3.71. The Kier molecular flexibility index (Phi) is 6.53. The van der Waals surface area contributed by atoms with Gasteiger partial charge in [0, 0.05) is 31.7 Å². The fourth-order valence-electron chi connectivity index (χ4n) is 4.55. The van der Waals surface area contributed by atoms with E-state index < -0.39 is 0 Å². The quantitative estimate of drug-likeness (QED) is 0.568. The van der Waals surface area contributed by atoms with Crippen LogP contribution in [0.5, 0.6) is 0 Å². The number of anilines is 1. The lowest BCUT2D eigenvalue weighted by Crippen LogP contribution is -2.40. The van der Waals surface area contributed by atoms with Gasteiger partial charge in [-0.2, -0.15) is 0 Å². The third-order valence-corrected chi connectivity index (χ3v) is 6.24. The van der Waals surface area contributed by atoms with Crippen LogP contribution in [0.15, 0.2) is 40.9 Å². The number of benzene rings is 1. The van der Waals surface area contributed by atoms with Gasteiger partial charge >= 0.3 is 0 Å². The first-order valence-electron chi connectivity index (χ1n) is 11.8. The fraction of sp³-hybridized carbons (Fsp3) is 0.440. The molecule has 0 aliphatic carbocycles. The van der Waals surface area contributed by atoms with E-state index >= 15 is 0 Å². The molecule has 0 radical (unpaired) electrons. The van der Waals surface area contributed by atoms with E-state index in [1.54, 1.807) is 18.3 Å². The Balaban J connectivity index is 1.36. The summed E-state index contributed by atoms with van der Waals surface area (Å²) in [6.07, 6.45) is 4.78. The third-order valence-electron chi connectivity index (χ3n) is 6.24. The number of piperidine rings is 1. The van der Waals surface area contributed by atoms with Crippen LogP contribution in [0.4, 0.5) is 10.3 Å². The van der Waals surface area contributed by atoms with Crippen LogP contribution >= 0.6 is 0 Å². The van der Waals surface area contributed by atoms with Crippen LogP contribution < -0.4 is 4.90 Å². The Morgan fingerprint density at radius 3 is 2.82 bits per heavy atom. The number of morpholine rings is 1. The van der Waals surface area contributed by atoms with E-state index in [1.165, 1.54) is 12.1 Å². The average Bonchev–Trinajstić information content (AvgIpc) is 3.32. The van der Waals surface area contributed by atoms with E-state index in [0.717, 1.165) is 30.5 Å². The van der Waals surface area contributed by atoms with Crippen molar-refractivity contribution in [2.45, 2.75) is 38.6 Å². The van der Waals surface area contributed by atoms with E-state index in [-0.39, 0.29) is 17.8 Å². The number of rotatable bonds is 5. The van der Waals surface area contributed by atoms with Crippen molar-refractivity contribution in [2.75, 3.05) is 37.7 Å². The van der Waals surface area contributed by atoms with Gasteiger partial charge in [0.2, 0.25) is 11.8 Å². The summed E-state index contributed by atoms with van der Waals surface area (Å²) in [7, 11) is 0. The molecule has 8 nitrogen and oxygen atoms in total. The number of carbonyl (C=O) groups is 1. The molecule has 2 fully saturated rings. The maximum atomic E-state index is 13.6. The second-order valence-corrected chi connectivity index (χ2v) is 8.78. The second kappa shape index (κ2) is 9.89. The Morgan fingerprint density at radius 1 is 1.15 bits per heavy atom. The van der Waals surface area contributed by atoms with Gasteiger partial charge in [-0.3, -0.25) is 4.79 Å². The van der Waals surface area contributed by atoms with Gasteiger partial charge < -0.3 is 19.0 Å². The molecule has 0 unspecified atom stereocenters. The number of nitrogens with zero attached hydrogens (tertiary/aromatic N) is 5. The van der Waals surface area contributed by atoms with Crippen molar-refractivity contribution in [1.82, 2.24) is 19.9 Å². The lowest BCUT2D eigenvalue weighted by atomic mass is 10.0. The van der Waals surface area contributed by atoms with Gasteiger partial charge in [-0.05, 0) is 49.9 Å². The lowest BCUT2D eigenvalue weighted by Gasteiger charge is -2.34. The number of halogens is 1. The van der Waals surface area contributed by atoms with Crippen LogP contribution in [0, 0.1) is 12.7 Å². The Hall–Kier alpha value is -3.33. The molecule has 2 aromatic heterocycles. The number of amides is 1. The molecular formula is C25H28FN5O3. The summed E-state index contributed by atoms with van der Waals surface area (Å²) >= 11 is 0. The molecule has 4 heterocycles. The van der Waals surface area contributed by atoms with E-state index in [0.29, 0.717) is 62.6 Å². The molecule has 0 spiro atoms. The van der Waals surface area contributed by atoms with Crippen molar-refractivity contribution in [3.63, 3.8) is 0 Å². The Bertz CT molecular complexity index is 1160. The number of aromatic nitrogens is 3. The summed E-state index contributed by atoms with van der Waals surface area (Å²) in [4.78, 5) is 31.1. The summed E-state index contributed by atoms with van der Waals surface area (Å²) in [5, 5.41) is 0. The third kappa shape index (κ3) is 4.94. The maximum absolute atomic E-state index is 13.6. The number of carbonyl (C=O) groups excluding carboxylic acids is 1. The van der Waals surface area contributed by atoms with Crippen LogP contribution in [-0.2, 0) is 11.2 Å². The topological polar surface area (TPSA) is 84.6 Å². The van der Waals surface area contributed by atoms with Crippen molar-refractivity contribution in [3.05, 3.63) is 70.9 Å². The molecule has 0 saturated carbocycles. The summed E-state index contributed by atoms with van der Waals surface area (Å²) < 4.78 is 25.0. The van der Waals surface area contributed by atoms with E-state index in [9.17, 15) is 9.18 Å². The highest BCUT2D eigenvalue weighted by molar-refractivity contribution is 5.93. The van der Waals surface area contributed by atoms with Gasteiger partial charge in [0.25, 0.3) is 5.91 Å². The van der Waals surface area contributed by atoms with Crippen molar-refractivity contribution < 1.29 is 18.3 Å². The zero-order chi connectivity index (χ0) is 23.5. The molecule has 9 heteroatoms. The molecule has 1 aromatic carbocycles. The van der Waals surface area contributed by atoms with E-state index in [2.05, 4.69) is 15.0 Å². The van der Waals surface area contributed by atoms with Gasteiger partial charge in [-0.15, -0.1) is 0 Å². The highest BCUT2D eigenvalue weighted by Gasteiger charge is 2.33. The number of aryl methyl sites for hydroxylation is 1. The molecule has 5 rings (SSSR count). The minimum Gasteiger partial charge on any atom is -0.443 e. The van der Waals surface area contributed by atoms with Gasteiger partial charge in [0.15, 0.2) is 0 Å². The number of hydrogen-bond donors (Lipinski definition) is 0. The maximum Gasteiger partial charge on any atom is 0.273 e. The van der Waals surface area contributed by atoms with Gasteiger partial charge in [0.05, 0.1) is 19.4 Å². The smallest absolute Gasteiger partial charge is 0.273 e. The van der Waals surface area contributed by atoms with Crippen molar-refractivity contribution >= 4 is 11.9 Å². The molecule has 2 aliphatic heterocycles. The first kappa shape index (κ1) is 22.5. The Labute approximate surface area is 197 Å². The summed E-state index contributed by atoms with van der Waals surface area (Å²) in [5.41, 5.74) is 1.95. The molecule has 2 aliphatic rings. The lowest BCUT2D eigenvalue weighted by molar-refractivity contribution is 0.0563. The average molecular weight is 466 g/mol. The van der Waals surface area contributed by atoms with E-state index in [4.69, 9.17) is 9.15 Å². The SMILES string of the molecule is Cc1cc(C(=O)N2CCCC[C@H]2c2ncc(Cc3cccc(F)c3)o2)nc(N2CCOCC2)n1. The molecule has 0 bridgehead atoms. The summed E-state index contributed by atoms with van der Waals surface area (Å²) in [6, 6.07) is 7.92. The van der Waals surface area contributed by atoms with Crippen molar-refractivity contribution in [1.29, 1.82) is 0 Å². The highest BCUT2D eigenvalue weighted by Crippen LogP contribution is 2.32. The monoisotopic (exact) mass is 465 g/mol. The summed E-state index contributed by atoms with van der Waals surface area (Å²) in [5.74, 6) is 1.30. The van der Waals surface area contributed by atoms with Gasteiger partial charge in [-0.25, -0.2) is 19.3 Å². The van der Waals surface area contributed by atoms with Crippen molar-refractivity contribution in [3.8, 4) is 0 Å². The fourth-order valence-corrected chi connectivity index (χ4v) is 4.55. The molecule has 1 amide bonds. The molecule has 178 valence electrons. The van der Waals surface area contributed by atoms with Crippen molar-refractivity contribution in [2.24, 2.45) is 0 Å². The van der Waals surface area contributed by atoms with Crippen LogP contribution in [0.25, 0.3) is 0 Å². The van der Waals surface area contributed by atoms with Crippen LogP contribution in [0.3, 0.4) is 0 Å². The predicted molar refractivity (Wildman–Crippen MR) is 123 cm³/mol. The molecule has 2 saturated heterocycles. The normalized spacial score (nSPS) is 18.8. The minimum absolute atomic E-state index is 0.144. The van der Waals surface area contributed by atoms with E-state index in [1.807, 2.05) is 22.8 Å². The first-order valence-corrected chi connectivity index (χ1v) is 11.8. The molecule has 3 aromatic rings. The van der Waals surface area contributed by atoms with Gasteiger partial charge in [-0.1, -0.05) is 12.1 Å². The largest absolute Gasteiger partial charge is 0.443 e.